The Kier molecular flexibility index (Phi) is 6.49. The highest BCUT2D eigenvalue weighted by Gasteiger charge is 2.21. The third kappa shape index (κ3) is 4.80. The van der Waals surface area contributed by atoms with Gasteiger partial charge in [-0.3, -0.25) is 9.69 Å². The number of phenols is 1. The molecular formula is C21H25N3O4. The van der Waals surface area contributed by atoms with E-state index in [9.17, 15) is 14.7 Å². The molecule has 2 aromatic rings. The first kappa shape index (κ1) is 19.7. The van der Waals surface area contributed by atoms with Crippen molar-refractivity contribution in [1.82, 2.24) is 4.90 Å². The second-order valence-electron chi connectivity index (χ2n) is 6.57. The summed E-state index contributed by atoms with van der Waals surface area (Å²) in [5, 5.41) is 12.8. The molecule has 0 saturated carbocycles. The van der Waals surface area contributed by atoms with Gasteiger partial charge in [-0.2, -0.15) is 0 Å². The Balaban J connectivity index is 1.54. The van der Waals surface area contributed by atoms with Crippen molar-refractivity contribution in [1.29, 1.82) is 0 Å². The van der Waals surface area contributed by atoms with Gasteiger partial charge in [0.1, 0.15) is 5.75 Å². The first-order valence-corrected chi connectivity index (χ1v) is 9.39. The molecule has 1 amide bonds. The number of benzene rings is 2. The van der Waals surface area contributed by atoms with E-state index in [1.165, 1.54) is 0 Å². The number of amides is 1. The standard InChI is InChI=1S/C21H25N3O4/c1-2-28-21(27)16-7-3-4-8-17(16)22-20(26)15-23-11-13-24(14-12-23)18-9-5-6-10-19(18)25/h3-10,25H,2,11-15H2,1H3,(H,22,26). The molecule has 1 heterocycles. The van der Waals surface area contributed by atoms with Crippen LogP contribution in [0.5, 0.6) is 5.75 Å². The zero-order chi connectivity index (χ0) is 19.9. The quantitative estimate of drug-likeness (QED) is 0.745. The Morgan fingerprint density at radius 1 is 1.04 bits per heavy atom. The highest BCUT2D eigenvalue weighted by molar-refractivity contribution is 6.01. The van der Waals surface area contributed by atoms with Crippen LogP contribution in [-0.2, 0) is 9.53 Å². The van der Waals surface area contributed by atoms with Crippen molar-refractivity contribution in [3.05, 3.63) is 54.1 Å². The highest BCUT2D eigenvalue weighted by Crippen LogP contribution is 2.27. The summed E-state index contributed by atoms with van der Waals surface area (Å²) in [6.07, 6.45) is 0. The summed E-state index contributed by atoms with van der Waals surface area (Å²) in [6, 6.07) is 14.1. The maximum Gasteiger partial charge on any atom is 0.340 e. The molecule has 0 unspecified atom stereocenters. The summed E-state index contributed by atoms with van der Waals surface area (Å²) < 4.78 is 5.04. The number of rotatable bonds is 6. The molecule has 1 aliphatic heterocycles. The number of carbonyl (C=O) groups excluding carboxylic acids is 2. The smallest absolute Gasteiger partial charge is 0.340 e. The maximum atomic E-state index is 12.5. The molecule has 2 N–H and O–H groups in total. The van der Waals surface area contributed by atoms with Gasteiger partial charge >= 0.3 is 5.97 Å². The Hall–Kier alpha value is -3.06. The van der Waals surface area contributed by atoms with Crippen LogP contribution in [0.25, 0.3) is 0 Å². The molecule has 1 saturated heterocycles. The van der Waals surface area contributed by atoms with Crippen molar-refractivity contribution in [2.75, 3.05) is 49.5 Å². The molecule has 2 aromatic carbocycles. The molecule has 3 rings (SSSR count). The molecule has 7 heteroatoms. The van der Waals surface area contributed by atoms with Crippen LogP contribution in [-0.4, -0.2) is 61.2 Å². The molecule has 0 radical (unpaired) electrons. The van der Waals surface area contributed by atoms with Gasteiger partial charge < -0.3 is 20.1 Å². The zero-order valence-electron chi connectivity index (χ0n) is 15.9. The summed E-state index contributed by atoms with van der Waals surface area (Å²) in [4.78, 5) is 28.7. The van der Waals surface area contributed by atoms with Gasteiger partial charge in [-0.25, -0.2) is 4.79 Å². The van der Waals surface area contributed by atoms with Gasteiger partial charge in [0.2, 0.25) is 5.91 Å². The summed E-state index contributed by atoms with van der Waals surface area (Å²) in [7, 11) is 0. The second kappa shape index (κ2) is 9.23. The van der Waals surface area contributed by atoms with Crippen LogP contribution in [0, 0.1) is 0 Å². The van der Waals surface area contributed by atoms with Crippen LogP contribution in [0.15, 0.2) is 48.5 Å². The molecule has 148 valence electrons. The van der Waals surface area contributed by atoms with Crippen LogP contribution in [0.4, 0.5) is 11.4 Å². The molecular weight excluding hydrogens is 358 g/mol. The van der Waals surface area contributed by atoms with E-state index in [0.717, 1.165) is 18.8 Å². The minimum atomic E-state index is -0.449. The van der Waals surface area contributed by atoms with Crippen LogP contribution in [0.1, 0.15) is 17.3 Å². The Labute approximate surface area is 164 Å². The topological polar surface area (TPSA) is 82.1 Å². The molecule has 1 fully saturated rings. The van der Waals surface area contributed by atoms with Crippen molar-refractivity contribution in [2.45, 2.75) is 6.92 Å². The molecule has 0 spiro atoms. The summed E-state index contributed by atoms with van der Waals surface area (Å²) in [5.74, 6) is -0.355. The average molecular weight is 383 g/mol. The predicted octanol–water partition coefficient (Wildman–Crippen LogP) is 2.33. The van der Waals surface area contributed by atoms with E-state index in [-0.39, 0.29) is 24.8 Å². The number of nitrogens with one attached hydrogen (secondary N) is 1. The van der Waals surface area contributed by atoms with Crippen molar-refractivity contribution in [2.24, 2.45) is 0 Å². The monoisotopic (exact) mass is 383 g/mol. The number of phenolic OH excluding ortho intramolecular Hbond substituents is 1. The lowest BCUT2D eigenvalue weighted by molar-refractivity contribution is -0.117. The molecule has 0 bridgehead atoms. The number of nitrogens with zero attached hydrogens (tertiary/aromatic N) is 2. The van der Waals surface area contributed by atoms with Gasteiger partial charge in [0, 0.05) is 26.2 Å². The Morgan fingerprint density at radius 2 is 1.71 bits per heavy atom. The highest BCUT2D eigenvalue weighted by atomic mass is 16.5. The fourth-order valence-corrected chi connectivity index (χ4v) is 3.25. The van der Waals surface area contributed by atoms with Gasteiger partial charge in [-0.15, -0.1) is 0 Å². The Bertz CT molecular complexity index is 832. The van der Waals surface area contributed by atoms with Crippen molar-refractivity contribution >= 4 is 23.3 Å². The van der Waals surface area contributed by atoms with E-state index in [1.807, 2.05) is 12.1 Å². The summed E-state index contributed by atoms with van der Waals surface area (Å²) >= 11 is 0. The molecule has 1 aliphatic rings. The number of piperazine rings is 1. The van der Waals surface area contributed by atoms with Crippen molar-refractivity contribution in [3.8, 4) is 5.75 Å². The number of para-hydroxylation sites is 3. The number of anilines is 2. The van der Waals surface area contributed by atoms with Gasteiger partial charge in [0.25, 0.3) is 0 Å². The van der Waals surface area contributed by atoms with Gasteiger partial charge in [-0.05, 0) is 31.2 Å². The number of hydrogen-bond acceptors (Lipinski definition) is 6. The average Bonchev–Trinajstić information content (AvgIpc) is 2.69. The van der Waals surface area contributed by atoms with E-state index in [4.69, 9.17) is 4.74 Å². The third-order valence-electron chi connectivity index (χ3n) is 4.66. The lowest BCUT2D eigenvalue weighted by Crippen LogP contribution is -2.48. The summed E-state index contributed by atoms with van der Waals surface area (Å²) in [5.41, 5.74) is 1.62. The maximum absolute atomic E-state index is 12.5. The third-order valence-corrected chi connectivity index (χ3v) is 4.66. The number of ether oxygens (including phenoxy) is 1. The fourth-order valence-electron chi connectivity index (χ4n) is 3.25. The molecule has 0 aromatic heterocycles. The SMILES string of the molecule is CCOC(=O)c1ccccc1NC(=O)CN1CCN(c2ccccc2O)CC1. The van der Waals surface area contributed by atoms with Gasteiger partial charge in [0.05, 0.1) is 30.1 Å². The van der Waals surface area contributed by atoms with E-state index in [0.29, 0.717) is 24.3 Å². The van der Waals surface area contributed by atoms with Crippen LogP contribution >= 0.6 is 0 Å². The first-order valence-electron chi connectivity index (χ1n) is 9.39. The van der Waals surface area contributed by atoms with E-state index >= 15 is 0 Å². The lowest BCUT2D eigenvalue weighted by atomic mass is 10.1. The van der Waals surface area contributed by atoms with E-state index < -0.39 is 5.97 Å². The van der Waals surface area contributed by atoms with Crippen molar-refractivity contribution in [3.63, 3.8) is 0 Å². The van der Waals surface area contributed by atoms with Gasteiger partial charge in [-0.1, -0.05) is 24.3 Å². The van der Waals surface area contributed by atoms with Crippen LogP contribution in [0.3, 0.4) is 0 Å². The normalized spacial score (nSPS) is 14.5. The lowest BCUT2D eigenvalue weighted by Gasteiger charge is -2.35. The van der Waals surface area contributed by atoms with E-state index in [2.05, 4.69) is 15.1 Å². The minimum absolute atomic E-state index is 0.173. The first-order chi connectivity index (χ1) is 13.6. The van der Waals surface area contributed by atoms with Crippen molar-refractivity contribution < 1.29 is 19.4 Å². The van der Waals surface area contributed by atoms with E-state index in [1.54, 1.807) is 43.3 Å². The molecule has 7 nitrogen and oxygen atoms in total. The molecule has 0 atom stereocenters. The minimum Gasteiger partial charge on any atom is -0.506 e. The van der Waals surface area contributed by atoms with Crippen LogP contribution in [0.2, 0.25) is 0 Å². The van der Waals surface area contributed by atoms with Gasteiger partial charge in [0.15, 0.2) is 0 Å². The molecule has 0 aliphatic carbocycles. The van der Waals surface area contributed by atoms with Crippen LogP contribution < -0.4 is 10.2 Å². The zero-order valence-corrected chi connectivity index (χ0v) is 15.9. The number of carbonyl (C=O) groups is 2. The number of esters is 1. The molecule has 28 heavy (non-hydrogen) atoms. The number of hydrogen-bond donors (Lipinski definition) is 2. The fraction of sp³-hybridized carbons (Fsp3) is 0.333. The number of aromatic hydroxyl groups is 1. The second-order valence-corrected chi connectivity index (χ2v) is 6.57. The summed E-state index contributed by atoms with van der Waals surface area (Å²) in [6.45, 7) is 5.14. The predicted molar refractivity (Wildman–Crippen MR) is 108 cm³/mol. The largest absolute Gasteiger partial charge is 0.506 e. The Morgan fingerprint density at radius 3 is 2.43 bits per heavy atom.